The SMILES string of the molecule is C=S1(=O)NC(=O)c2ccc3c(c2)N(C[C@@H]2CC[C@H]2[C@@](O)(CC2CCCCC2)CCC[C@H](C)[C@H]1C)C[C@@]1(CCCc2cc(Cl)ccc21)CO3.C[C@@H]1[C@@H](C)CCC[C@](O)(CC2CCCCC2)[C@@H]2CC[C@H]2CN2C[C@@]3(CCCc4cc(Cl)ccc43)COc3ccc(cc32)C(=O)NS1(=O)=O. The summed E-state index contributed by atoms with van der Waals surface area (Å²) < 4.78 is 59.5. The number of rotatable bonds is 4. The zero-order valence-electron chi connectivity index (χ0n) is 57.7. The maximum atomic E-state index is 13.9. The Morgan fingerprint density at radius 1 is 0.521 bits per heavy atom. The molecule has 96 heavy (non-hydrogen) atoms. The third kappa shape index (κ3) is 14.5. The smallest absolute Gasteiger partial charge is 0.264 e. The molecular weight excluding hydrogens is 1280 g/mol. The molecule has 4 bridgehead atoms. The number of ether oxygens (including phenoxy) is 2. The molecule has 4 aromatic carbocycles. The first-order valence-corrected chi connectivity index (χ1v) is 41.3. The van der Waals surface area contributed by atoms with Crippen LogP contribution >= 0.6 is 23.2 Å². The number of aliphatic hydroxyl groups is 2. The topological polar surface area (TPSA) is 175 Å². The number of sulfonamides is 1. The van der Waals surface area contributed by atoms with E-state index in [1.54, 1.807) is 19.1 Å². The molecule has 4 saturated carbocycles. The summed E-state index contributed by atoms with van der Waals surface area (Å²) in [5, 5.41) is 25.9. The van der Waals surface area contributed by atoms with Crippen molar-refractivity contribution in [2.45, 2.75) is 240 Å². The van der Waals surface area contributed by atoms with Crippen LogP contribution in [0.25, 0.3) is 0 Å². The van der Waals surface area contributed by atoms with E-state index in [9.17, 15) is 32.4 Å². The number of amides is 2. The van der Waals surface area contributed by atoms with Crippen molar-refractivity contribution in [1.82, 2.24) is 9.44 Å². The number of fused-ring (bicyclic) bond motifs is 8. The van der Waals surface area contributed by atoms with Crippen LogP contribution in [-0.4, -0.2) is 102 Å². The number of carbonyl (C=O) groups excluding carboxylic acids is 2. The van der Waals surface area contributed by atoms with Crippen molar-refractivity contribution in [1.29, 1.82) is 0 Å². The molecule has 1 unspecified atom stereocenters. The lowest BCUT2D eigenvalue weighted by Crippen LogP contribution is -2.53. The van der Waals surface area contributed by atoms with Crippen molar-refractivity contribution in [3.8, 4) is 11.5 Å². The van der Waals surface area contributed by atoms with Gasteiger partial charge in [-0.1, -0.05) is 126 Å². The van der Waals surface area contributed by atoms with E-state index in [0.29, 0.717) is 66.6 Å². The van der Waals surface area contributed by atoms with Gasteiger partial charge in [-0.15, -0.1) is 0 Å². The van der Waals surface area contributed by atoms with Gasteiger partial charge < -0.3 is 29.5 Å². The summed E-state index contributed by atoms with van der Waals surface area (Å²) in [6.07, 6.45) is 29.2. The number of hydrogen-bond donors (Lipinski definition) is 4. The van der Waals surface area contributed by atoms with Gasteiger partial charge in [0.25, 0.3) is 11.8 Å². The van der Waals surface area contributed by atoms with Crippen molar-refractivity contribution in [3.05, 3.63) is 116 Å². The lowest BCUT2D eigenvalue weighted by molar-refractivity contribution is -0.105. The number of nitrogens with zero attached hydrogens (tertiary/aromatic N) is 2. The van der Waals surface area contributed by atoms with Crippen LogP contribution < -0.4 is 28.7 Å². The monoisotopic (exact) mass is 1390 g/mol. The second-order valence-corrected chi connectivity index (χ2v) is 37.7. The Hall–Kier alpha value is -4.51. The highest BCUT2D eigenvalue weighted by molar-refractivity contribution is 7.99. The van der Waals surface area contributed by atoms with E-state index in [-0.39, 0.29) is 45.7 Å². The highest BCUT2D eigenvalue weighted by Gasteiger charge is 2.52. The Labute approximate surface area is 583 Å². The summed E-state index contributed by atoms with van der Waals surface area (Å²) in [4.78, 5) is 32.1. The van der Waals surface area contributed by atoms with Gasteiger partial charge in [0.1, 0.15) is 11.5 Å². The molecule has 6 aliphatic carbocycles. The van der Waals surface area contributed by atoms with Crippen molar-refractivity contribution in [3.63, 3.8) is 0 Å². The molecule has 4 aromatic rings. The average Bonchev–Trinajstić information content (AvgIpc) is 1.39. The summed E-state index contributed by atoms with van der Waals surface area (Å²) in [7, 11) is -6.83. The van der Waals surface area contributed by atoms with Crippen molar-refractivity contribution < 1.29 is 41.9 Å². The van der Waals surface area contributed by atoms with Crippen LogP contribution in [0.4, 0.5) is 11.4 Å². The predicted octanol–water partition coefficient (Wildman–Crippen LogP) is 15.9. The first kappa shape index (κ1) is 69.9. The minimum Gasteiger partial charge on any atom is -0.490 e. The van der Waals surface area contributed by atoms with Crippen molar-refractivity contribution >= 4 is 72.0 Å². The van der Waals surface area contributed by atoms with Gasteiger partial charge in [-0.25, -0.2) is 17.3 Å². The van der Waals surface area contributed by atoms with Crippen LogP contribution in [0.2, 0.25) is 10.0 Å². The molecule has 0 radical (unpaired) electrons. The van der Waals surface area contributed by atoms with Gasteiger partial charge in [0.05, 0.1) is 50.7 Å². The Kier molecular flexibility index (Phi) is 20.8. The second-order valence-electron chi connectivity index (χ2n) is 32.4. The first-order valence-electron chi connectivity index (χ1n) is 37.2. The zero-order chi connectivity index (χ0) is 67.4. The van der Waals surface area contributed by atoms with Gasteiger partial charge in [0.15, 0.2) is 0 Å². The summed E-state index contributed by atoms with van der Waals surface area (Å²) in [5.74, 6) is 6.76. The molecule has 13 atom stereocenters. The summed E-state index contributed by atoms with van der Waals surface area (Å²) >= 11 is 12.9. The fourth-order valence-corrected chi connectivity index (χ4v) is 23.1. The number of nitrogens with one attached hydrogen (secondary N) is 2. The minimum atomic E-state index is -3.91. The van der Waals surface area contributed by atoms with Gasteiger partial charge in [-0.05, 0) is 253 Å². The molecule has 13 nitrogen and oxygen atoms in total. The van der Waals surface area contributed by atoms with E-state index in [1.807, 2.05) is 50.2 Å². The van der Waals surface area contributed by atoms with Crippen LogP contribution in [0.1, 0.15) is 238 Å². The second kappa shape index (κ2) is 28.5. The van der Waals surface area contributed by atoms with Crippen LogP contribution in [0.5, 0.6) is 11.5 Å². The van der Waals surface area contributed by atoms with E-state index in [2.05, 4.69) is 56.3 Å². The van der Waals surface area contributed by atoms with Crippen LogP contribution in [0.3, 0.4) is 0 Å². The molecule has 10 aliphatic rings. The number of benzene rings is 4. The lowest BCUT2D eigenvalue weighted by Gasteiger charge is -2.51. The largest absolute Gasteiger partial charge is 0.490 e. The summed E-state index contributed by atoms with van der Waals surface area (Å²) in [6.45, 7) is 11.8. The van der Waals surface area contributed by atoms with Crippen molar-refractivity contribution in [2.24, 2.45) is 47.3 Å². The zero-order valence-corrected chi connectivity index (χ0v) is 60.8. The average molecular weight is 1390 g/mol. The van der Waals surface area contributed by atoms with Gasteiger partial charge >= 0.3 is 0 Å². The fraction of sp³-hybridized carbons (Fsp3) is 0.658. The molecular formula is C79H108Cl2N4O9S2. The quantitative estimate of drug-likeness (QED) is 0.143. The molecule has 2 spiro atoms. The normalized spacial score (nSPS) is 35.2. The molecule has 4 aliphatic heterocycles. The Morgan fingerprint density at radius 2 is 0.958 bits per heavy atom. The molecule has 2 amide bonds. The molecule has 17 heteroatoms. The maximum absolute atomic E-state index is 13.9. The Bertz CT molecular complexity index is 3490. The van der Waals surface area contributed by atoms with E-state index in [4.69, 9.17) is 32.7 Å². The van der Waals surface area contributed by atoms with Crippen molar-refractivity contribution in [2.75, 3.05) is 49.2 Å². The molecule has 14 rings (SSSR count). The molecule has 4 N–H and O–H groups in total. The van der Waals surface area contributed by atoms with E-state index < -0.39 is 42.1 Å². The number of hydrogen-bond acceptors (Lipinski definition) is 11. The van der Waals surface area contributed by atoms with E-state index in [0.717, 1.165) is 156 Å². The van der Waals surface area contributed by atoms with E-state index in [1.165, 1.54) is 86.5 Å². The Morgan fingerprint density at radius 3 is 1.40 bits per heavy atom. The van der Waals surface area contributed by atoms with Gasteiger partial charge in [0, 0.05) is 63.4 Å². The molecule has 524 valence electrons. The highest BCUT2D eigenvalue weighted by Crippen LogP contribution is 2.54. The maximum Gasteiger partial charge on any atom is 0.264 e. The highest BCUT2D eigenvalue weighted by atomic mass is 35.5. The van der Waals surface area contributed by atoms with Crippen LogP contribution in [0.15, 0.2) is 72.8 Å². The Balaban J connectivity index is 0.000000174. The third-order valence-corrected chi connectivity index (χ3v) is 30.8. The number of aryl methyl sites for hydroxylation is 2. The minimum absolute atomic E-state index is 0.0969. The number of anilines is 2. The van der Waals surface area contributed by atoms with Crippen LogP contribution in [0, 0.1) is 47.3 Å². The van der Waals surface area contributed by atoms with E-state index >= 15 is 0 Å². The predicted molar refractivity (Wildman–Crippen MR) is 389 cm³/mol. The lowest BCUT2D eigenvalue weighted by atomic mass is 9.60. The molecule has 4 fully saturated rings. The molecule has 0 aromatic heterocycles. The summed E-state index contributed by atoms with van der Waals surface area (Å²) in [5.41, 5.74) is 5.74. The molecule has 4 heterocycles. The van der Waals surface area contributed by atoms with Gasteiger partial charge in [-0.2, -0.15) is 0 Å². The standard InChI is InChI=1S/C40H55ClN2O4S.C39H53ClN2O5S/c1-27-9-7-20-40(45,23-29-10-5-4-6-11-29)35-16-13-32(35)24-43-25-39(19-8-12-30-21-33(41)15-17-34(30)39)26-47-37-18-14-31(22-36(37)43)38(44)42-48(3,46)28(27)2;1-26-8-6-19-39(44,22-28-9-4-3-5-10-28)34-15-12-31(34)23-42-24-38(18-7-11-29-20-32(40)14-16-33(29)38)25-47-36-17-13-30(21-35(36)42)37(43)41-48(45,46)27(26)2/h14-15,17-18,21-22,27-29,32,35,45H,3-13,16,19-20,23-26H2,1-2H3,(H,42,44,46);13-14,16-17,20-21,26-28,31,34,44H,3-12,15,18-19,22-25H2,1-2H3,(H,41,43)/t27-,28+,32-,35+,39-,40-,48?;26-,27+,31-,34+,38-,39-/m00/s1. The number of carbonyl (C=O) groups is 2. The first-order chi connectivity index (χ1) is 45.9. The van der Waals surface area contributed by atoms with Crippen LogP contribution in [-0.2, 0) is 43.4 Å². The van der Waals surface area contributed by atoms with Gasteiger partial charge in [-0.3, -0.25) is 14.3 Å². The van der Waals surface area contributed by atoms with Gasteiger partial charge in [0.2, 0.25) is 10.0 Å². The number of halogens is 2. The third-order valence-electron chi connectivity index (χ3n) is 26.2. The summed E-state index contributed by atoms with van der Waals surface area (Å²) in [6, 6.07) is 23.6. The fourth-order valence-electron chi connectivity index (χ4n) is 19.9. The molecule has 0 saturated heterocycles.